The van der Waals surface area contributed by atoms with Gasteiger partial charge in [-0.1, -0.05) is 25.3 Å². The number of benzene rings is 1. The maximum atomic E-state index is 10.6. The summed E-state index contributed by atoms with van der Waals surface area (Å²) in [6.45, 7) is 5.42. The Bertz CT molecular complexity index is 951. The average Bonchev–Trinajstić information content (AvgIpc) is 3.53. The molecule has 6 atom stereocenters. The molecule has 1 N–H and O–H groups in total. The van der Waals surface area contributed by atoms with Crippen molar-refractivity contribution in [3.05, 3.63) is 29.3 Å². The van der Waals surface area contributed by atoms with Crippen molar-refractivity contribution in [2.75, 3.05) is 26.2 Å². The van der Waals surface area contributed by atoms with Gasteiger partial charge in [0.15, 0.2) is 0 Å². The van der Waals surface area contributed by atoms with Gasteiger partial charge in [0, 0.05) is 37.1 Å². The summed E-state index contributed by atoms with van der Waals surface area (Å²) in [5.41, 5.74) is 3.99. The van der Waals surface area contributed by atoms with E-state index in [9.17, 15) is 5.11 Å². The molecule has 3 heteroatoms. The highest BCUT2D eigenvalue weighted by atomic mass is 16.3. The maximum absolute atomic E-state index is 10.6. The number of rotatable bonds is 4. The standard InChI is InChI=1S/C30H42N2O/c33-24-9-8-22-14-27-29-11-10-26-28(23(16-29)19-32(26)18-20-4-2-1-3-5-20)30(29,25(22)15-24)12-13-31(27)17-21-6-7-21/h8-9,15,20-21,23,26-28,33H,1-7,10-14,16-19H2/t23-,26?,27?,28?,29?,30?/m1/s1. The molecule has 4 bridgehead atoms. The summed E-state index contributed by atoms with van der Waals surface area (Å²) in [6, 6.07) is 8.08. The van der Waals surface area contributed by atoms with Crippen LogP contribution in [0.15, 0.2) is 18.2 Å². The van der Waals surface area contributed by atoms with Crippen LogP contribution in [0.4, 0.5) is 0 Å². The van der Waals surface area contributed by atoms with Crippen molar-refractivity contribution in [2.24, 2.45) is 29.1 Å². The number of fused-ring (bicyclic) bond motifs is 1. The Balaban J connectivity index is 1.20. The molecular weight excluding hydrogens is 404 g/mol. The minimum Gasteiger partial charge on any atom is -0.508 e. The Hall–Kier alpha value is -1.06. The van der Waals surface area contributed by atoms with Gasteiger partial charge < -0.3 is 5.11 Å². The second-order valence-electron chi connectivity index (χ2n) is 13.4. The molecule has 6 fully saturated rings. The lowest BCUT2D eigenvalue weighted by molar-refractivity contribution is -0.106. The molecule has 33 heavy (non-hydrogen) atoms. The van der Waals surface area contributed by atoms with Crippen LogP contribution in [-0.4, -0.2) is 53.2 Å². The lowest BCUT2D eigenvalue weighted by atomic mass is 9.43. The second kappa shape index (κ2) is 7.00. The molecule has 0 spiro atoms. The van der Waals surface area contributed by atoms with Crippen LogP contribution in [0.1, 0.15) is 81.8 Å². The minimum atomic E-state index is 0.332. The van der Waals surface area contributed by atoms with Crippen molar-refractivity contribution in [3.8, 4) is 5.75 Å². The molecule has 178 valence electrons. The predicted octanol–water partition coefficient (Wildman–Crippen LogP) is 5.35. The van der Waals surface area contributed by atoms with E-state index < -0.39 is 0 Å². The molecule has 5 aliphatic carbocycles. The number of phenols is 1. The predicted molar refractivity (Wildman–Crippen MR) is 131 cm³/mol. The van der Waals surface area contributed by atoms with Crippen molar-refractivity contribution in [1.82, 2.24) is 9.80 Å². The summed E-state index contributed by atoms with van der Waals surface area (Å²) in [4.78, 5) is 5.98. The number of phenolic OH excluding ortho intramolecular Hbond substituents is 1. The largest absolute Gasteiger partial charge is 0.508 e. The van der Waals surface area contributed by atoms with E-state index in [0.29, 0.717) is 16.6 Å². The molecule has 5 unspecified atom stereocenters. The van der Waals surface area contributed by atoms with Crippen LogP contribution in [0, 0.1) is 29.1 Å². The van der Waals surface area contributed by atoms with E-state index in [2.05, 4.69) is 21.9 Å². The summed E-state index contributed by atoms with van der Waals surface area (Å²) in [5.74, 6) is 4.17. The first kappa shape index (κ1) is 20.2. The average molecular weight is 447 g/mol. The highest BCUT2D eigenvalue weighted by molar-refractivity contribution is 5.50. The van der Waals surface area contributed by atoms with Crippen molar-refractivity contribution in [3.63, 3.8) is 0 Å². The Kier molecular flexibility index (Phi) is 4.28. The van der Waals surface area contributed by atoms with E-state index >= 15 is 0 Å². The van der Waals surface area contributed by atoms with E-state index in [1.54, 1.807) is 11.1 Å². The minimum absolute atomic E-state index is 0.332. The second-order valence-corrected chi connectivity index (χ2v) is 13.4. The lowest BCUT2D eigenvalue weighted by Crippen LogP contribution is -2.69. The molecule has 2 heterocycles. The molecule has 2 saturated heterocycles. The molecule has 3 nitrogen and oxygen atoms in total. The fourth-order valence-corrected chi connectivity index (χ4v) is 11.0. The quantitative estimate of drug-likeness (QED) is 0.675. The molecular formula is C30H42N2O. The van der Waals surface area contributed by atoms with Crippen LogP contribution in [0.5, 0.6) is 5.75 Å². The van der Waals surface area contributed by atoms with Gasteiger partial charge in [0.05, 0.1) is 0 Å². The molecule has 0 aromatic heterocycles. The SMILES string of the molecule is Oc1ccc2c(c1)C13CCN(CC4CC4)C(C2)C12CCC1C3[C@@H](CN1CC1CCCCC1)C2. The van der Waals surface area contributed by atoms with Crippen LogP contribution in [0.25, 0.3) is 0 Å². The Morgan fingerprint density at radius 3 is 2.58 bits per heavy atom. The van der Waals surface area contributed by atoms with Crippen LogP contribution in [0.3, 0.4) is 0 Å². The summed E-state index contributed by atoms with van der Waals surface area (Å²) < 4.78 is 0. The first-order chi connectivity index (χ1) is 16.2. The number of nitrogens with zero attached hydrogens (tertiary/aromatic N) is 2. The maximum Gasteiger partial charge on any atom is 0.115 e. The molecule has 1 aromatic carbocycles. The van der Waals surface area contributed by atoms with Gasteiger partial charge in [0.2, 0.25) is 0 Å². The van der Waals surface area contributed by atoms with Crippen molar-refractivity contribution in [2.45, 2.75) is 94.5 Å². The van der Waals surface area contributed by atoms with Gasteiger partial charge in [-0.25, -0.2) is 0 Å². The van der Waals surface area contributed by atoms with Gasteiger partial charge in [-0.3, -0.25) is 9.80 Å². The van der Waals surface area contributed by atoms with Crippen LogP contribution >= 0.6 is 0 Å². The van der Waals surface area contributed by atoms with Crippen LogP contribution in [-0.2, 0) is 11.8 Å². The lowest BCUT2D eigenvalue weighted by Gasteiger charge is -2.66. The molecule has 8 rings (SSSR count). The van der Waals surface area contributed by atoms with E-state index in [1.165, 1.54) is 103 Å². The first-order valence-corrected chi connectivity index (χ1v) is 14.5. The Morgan fingerprint density at radius 2 is 1.73 bits per heavy atom. The number of likely N-dealkylation sites (tertiary alicyclic amines) is 2. The van der Waals surface area contributed by atoms with Gasteiger partial charge in [-0.05, 0) is 117 Å². The van der Waals surface area contributed by atoms with Crippen LogP contribution in [0.2, 0.25) is 0 Å². The fraction of sp³-hybridized carbons (Fsp3) is 0.800. The molecule has 1 aromatic rings. The highest BCUT2D eigenvalue weighted by Gasteiger charge is 2.75. The third kappa shape index (κ3) is 2.65. The topological polar surface area (TPSA) is 26.7 Å². The van der Waals surface area contributed by atoms with Gasteiger partial charge in [0.1, 0.15) is 5.75 Å². The van der Waals surface area contributed by atoms with Crippen LogP contribution < -0.4 is 0 Å². The number of hydrogen-bond acceptors (Lipinski definition) is 3. The van der Waals surface area contributed by atoms with E-state index in [-0.39, 0.29) is 0 Å². The fourth-order valence-electron chi connectivity index (χ4n) is 11.0. The Labute approximate surface area is 199 Å². The zero-order valence-corrected chi connectivity index (χ0v) is 20.4. The molecule has 0 amide bonds. The third-order valence-corrected chi connectivity index (χ3v) is 12.1. The monoisotopic (exact) mass is 446 g/mol. The van der Waals surface area contributed by atoms with E-state index in [0.717, 1.165) is 35.8 Å². The van der Waals surface area contributed by atoms with E-state index in [4.69, 9.17) is 0 Å². The molecule has 0 radical (unpaired) electrons. The summed E-state index contributed by atoms with van der Waals surface area (Å²) in [6.07, 6.45) is 17.2. The summed E-state index contributed by atoms with van der Waals surface area (Å²) in [5, 5.41) is 10.6. The third-order valence-electron chi connectivity index (χ3n) is 12.1. The zero-order valence-electron chi connectivity index (χ0n) is 20.4. The zero-order chi connectivity index (χ0) is 21.8. The Morgan fingerprint density at radius 1 is 0.909 bits per heavy atom. The van der Waals surface area contributed by atoms with Crippen molar-refractivity contribution >= 4 is 0 Å². The summed E-state index contributed by atoms with van der Waals surface area (Å²) in [7, 11) is 0. The molecule has 2 aliphatic heterocycles. The van der Waals surface area contributed by atoms with Gasteiger partial charge in [-0.2, -0.15) is 0 Å². The number of aromatic hydroxyl groups is 1. The van der Waals surface area contributed by atoms with Crippen molar-refractivity contribution in [1.29, 1.82) is 0 Å². The highest BCUT2D eigenvalue weighted by Crippen LogP contribution is 2.75. The van der Waals surface area contributed by atoms with Gasteiger partial charge in [0.25, 0.3) is 0 Å². The van der Waals surface area contributed by atoms with Gasteiger partial charge in [-0.15, -0.1) is 0 Å². The molecule has 4 saturated carbocycles. The number of piperidine rings is 1. The molecule has 7 aliphatic rings. The number of hydrogen-bond donors (Lipinski definition) is 1. The van der Waals surface area contributed by atoms with Gasteiger partial charge >= 0.3 is 0 Å². The summed E-state index contributed by atoms with van der Waals surface area (Å²) >= 11 is 0. The van der Waals surface area contributed by atoms with E-state index in [1.807, 2.05) is 6.07 Å². The smallest absolute Gasteiger partial charge is 0.115 e. The van der Waals surface area contributed by atoms with Crippen molar-refractivity contribution < 1.29 is 5.11 Å². The normalized spacial score (nSPS) is 44.6. The first-order valence-electron chi connectivity index (χ1n) is 14.5.